The molecule has 2 aliphatic rings. The number of aromatic nitrogens is 2. The summed E-state index contributed by atoms with van der Waals surface area (Å²) in [6.07, 6.45) is 6.68. The first-order valence-electron chi connectivity index (χ1n) is 9.20. The van der Waals surface area contributed by atoms with Crippen molar-refractivity contribution < 1.29 is 14.1 Å². The van der Waals surface area contributed by atoms with Crippen molar-refractivity contribution >= 4 is 19.0 Å². The number of rotatable bonds is 4. The van der Waals surface area contributed by atoms with Gasteiger partial charge in [0.25, 0.3) is 0 Å². The predicted molar refractivity (Wildman–Crippen MR) is 104 cm³/mol. The normalized spacial score (nSPS) is 23.2. The van der Waals surface area contributed by atoms with Gasteiger partial charge in [-0.25, -0.2) is 4.98 Å². The second-order valence-electron chi connectivity index (χ2n) is 8.06. The standard InChI is InChI=1S/C20H24BN3O3/c1-19(2)20(3,4)27-21(26-19)15-9-7-14(8-10-15)16-12-22-18(23-16)17-6-5-11-24(17)13-25/h5-10,12-13,17H,11H2,1-4H3,(H,22,23). The highest BCUT2D eigenvalue weighted by Crippen LogP contribution is 2.36. The van der Waals surface area contributed by atoms with Crippen LogP contribution in [0.15, 0.2) is 42.6 Å². The average Bonchev–Trinajstić information content (AvgIpc) is 3.33. The molecule has 6 nitrogen and oxygen atoms in total. The molecule has 0 bridgehead atoms. The van der Waals surface area contributed by atoms with Crippen LogP contribution in [0.5, 0.6) is 0 Å². The summed E-state index contributed by atoms with van der Waals surface area (Å²) in [4.78, 5) is 20.7. The molecule has 1 saturated heterocycles. The molecular weight excluding hydrogens is 341 g/mol. The van der Waals surface area contributed by atoms with E-state index in [2.05, 4.69) is 9.97 Å². The van der Waals surface area contributed by atoms with Crippen molar-refractivity contribution in [1.82, 2.24) is 14.9 Å². The maximum absolute atomic E-state index is 11.1. The maximum Gasteiger partial charge on any atom is 0.494 e. The second-order valence-corrected chi connectivity index (χ2v) is 8.06. The third kappa shape index (κ3) is 3.11. The van der Waals surface area contributed by atoms with Crippen LogP contribution >= 0.6 is 0 Å². The van der Waals surface area contributed by atoms with Crippen molar-refractivity contribution in [2.75, 3.05) is 6.54 Å². The highest BCUT2D eigenvalue weighted by Gasteiger charge is 2.51. The fourth-order valence-corrected chi connectivity index (χ4v) is 3.32. The highest BCUT2D eigenvalue weighted by molar-refractivity contribution is 6.62. The first kappa shape index (κ1) is 18.0. The molecule has 1 N–H and O–H groups in total. The minimum absolute atomic E-state index is 0.125. The first-order chi connectivity index (χ1) is 12.8. The van der Waals surface area contributed by atoms with E-state index in [0.717, 1.165) is 29.0 Å². The van der Waals surface area contributed by atoms with Gasteiger partial charge in [-0.15, -0.1) is 0 Å². The molecule has 1 atom stereocenters. The molecule has 0 spiro atoms. The molecule has 0 radical (unpaired) electrons. The lowest BCUT2D eigenvalue weighted by Crippen LogP contribution is -2.41. The van der Waals surface area contributed by atoms with Crippen LogP contribution in [0.1, 0.15) is 39.6 Å². The van der Waals surface area contributed by atoms with Gasteiger partial charge in [0.05, 0.1) is 16.9 Å². The van der Waals surface area contributed by atoms with Gasteiger partial charge >= 0.3 is 7.12 Å². The molecule has 1 fully saturated rings. The molecule has 1 aromatic carbocycles. The van der Waals surface area contributed by atoms with E-state index >= 15 is 0 Å². The zero-order valence-electron chi connectivity index (χ0n) is 16.1. The van der Waals surface area contributed by atoms with Gasteiger partial charge in [0.1, 0.15) is 11.9 Å². The predicted octanol–water partition coefficient (Wildman–Crippen LogP) is 2.45. The van der Waals surface area contributed by atoms with Crippen LogP contribution in [0.25, 0.3) is 11.3 Å². The smallest absolute Gasteiger partial charge is 0.399 e. The fraction of sp³-hybridized carbons (Fsp3) is 0.400. The Labute approximate surface area is 159 Å². The lowest BCUT2D eigenvalue weighted by molar-refractivity contribution is -0.118. The molecule has 1 aromatic heterocycles. The Hall–Kier alpha value is -2.38. The van der Waals surface area contributed by atoms with E-state index in [0.29, 0.717) is 6.54 Å². The Morgan fingerprint density at radius 3 is 2.48 bits per heavy atom. The van der Waals surface area contributed by atoms with Gasteiger partial charge in [-0.2, -0.15) is 0 Å². The number of aromatic amines is 1. The second kappa shape index (κ2) is 6.35. The molecule has 3 heterocycles. The SMILES string of the molecule is CC1(C)OB(c2ccc(-c3c[nH]c(C4C=CCN4C=O)n3)cc2)OC1(C)C. The molecule has 140 valence electrons. The van der Waals surface area contributed by atoms with Gasteiger partial charge in [0.15, 0.2) is 0 Å². The van der Waals surface area contributed by atoms with E-state index in [-0.39, 0.29) is 24.4 Å². The summed E-state index contributed by atoms with van der Waals surface area (Å²) in [5.74, 6) is 0.765. The molecule has 0 aliphatic carbocycles. The number of imidazole rings is 1. The monoisotopic (exact) mass is 365 g/mol. The Morgan fingerprint density at radius 2 is 1.85 bits per heavy atom. The number of H-pyrrole nitrogens is 1. The number of nitrogens with one attached hydrogen (secondary N) is 1. The minimum atomic E-state index is -0.372. The largest absolute Gasteiger partial charge is 0.494 e. The van der Waals surface area contributed by atoms with Gasteiger partial charge in [-0.3, -0.25) is 4.79 Å². The lowest BCUT2D eigenvalue weighted by atomic mass is 9.79. The molecule has 7 heteroatoms. The molecule has 0 saturated carbocycles. The highest BCUT2D eigenvalue weighted by atomic mass is 16.7. The van der Waals surface area contributed by atoms with E-state index in [9.17, 15) is 4.79 Å². The van der Waals surface area contributed by atoms with E-state index in [1.807, 2.05) is 70.3 Å². The van der Waals surface area contributed by atoms with Crippen molar-refractivity contribution in [2.45, 2.75) is 44.9 Å². The number of amides is 1. The topological polar surface area (TPSA) is 67.5 Å². The summed E-state index contributed by atoms with van der Waals surface area (Å²) in [6.45, 7) is 8.81. The number of carbonyl (C=O) groups is 1. The van der Waals surface area contributed by atoms with Gasteiger partial charge < -0.3 is 19.2 Å². The van der Waals surface area contributed by atoms with Gasteiger partial charge in [0, 0.05) is 18.3 Å². The molecule has 2 aromatic rings. The maximum atomic E-state index is 11.1. The van der Waals surface area contributed by atoms with Crippen LogP contribution in [0.4, 0.5) is 0 Å². The zero-order chi connectivity index (χ0) is 19.2. The number of carbonyl (C=O) groups excluding carboxylic acids is 1. The summed E-state index contributed by atoms with van der Waals surface area (Å²) in [5, 5.41) is 0. The van der Waals surface area contributed by atoms with Crippen molar-refractivity contribution in [3.05, 3.63) is 48.4 Å². The first-order valence-corrected chi connectivity index (χ1v) is 9.20. The van der Waals surface area contributed by atoms with Crippen LogP contribution in [0, 0.1) is 0 Å². The van der Waals surface area contributed by atoms with Crippen LogP contribution in [-0.2, 0) is 14.1 Å². The molecule has 1 amide bonds. The Morgan fingerprint density at radius 1 is 1.19 bits per heavy atom. The average molecular weight is 365 g/mol. The number of hydrogen-bond acceptors (Lipinski definition) is 4. The van der Waals surface area contributed by atoms with Crippen molar-refractivity contribution in [3.63, 3.8) is 0 Å². The van der Waals surface area contributed by atoms with E-state index in [4.69, 9.17) is 9.31 Å². The quantitative estimate of drug-likeness (QED) is 0.514. The lowest BCUT2D eigenvalue weighted by Gasteiger charge is -2.32. The molecule has 2 aliphatic heterocycles. The van der Waals surface area contributed by atoms with Gasteiger partial charge in [-0.05, 0) is 33.2 Å². The third-order valence-corrected chi connectivity index (χ3v) is 5.74. The molecule has 4 rings (SSSR count). The molecule has 27 heavy (non-hydrogen) atoms. The van der Waals surface area contributed by atoms with Crippen molar-refractivity contribution in [3.8, 4) is 11.3 Å². The van der Waals surface area contributed by atoms with Crippen LogP contribution in [-0.4, -0.2) is 46.1 Å². The fourth-order valence-electron chi connectivity index (χ4n) is 3.32. The molecular formula is C20H24BN3O3. The number of benzene rings is 1. The Kier molecular flexibility index (Phi) is 4.24. The van der Waals surface area contributed by atoms with Gasteiger partial charge in [0.2, 0.25) is 6.41 Å². The van der Waals surface area contributed by atoms with E-state index in [1.165, 1.54) is 0 Å². The summed E-state index contributed by atoms with van der Waals surface area (Å²) < 4.78 is 12.2. The Bertz CT molecular complexity index is 857. The minimum Gasteiger partial charge on any atom is -0.399 e. The van der Waals surface area contributed by atoms with Crippen molar-refractivity contribution in [2.24, 2.45) is 0 Å². The Balaban J connectivity index is 1.52. The molecule has 1 unspecified atom stereocenters. The number of hydrogen-bond donors (Lipinski definition) is 1. The summed E-state index contributed by atoms with van der Waals surface area (Å²) in [7, 11) is -0.372. The van der Waals surface area contributed by atoms with Crippen LogP contribution in [0.2, 0.25) is 0 Å². The third-order valence-electron chi connectivity index (χ3n) is 5.74. The number of nitrogens with zero attached hydrogens (tertiary/aromatic N) is 2. The van der Waals surface area contributed by atoms with Crippen LogP contribution < -0.4 is 5.46 Å². The van der Waals surface area contributed by atoms with E-state index < -0.39 is 0 Å². The summed E-state index contributed by atoms with van der Waals surface area (Å²) >= 11 is 0. The van der Waals surface area contributed by atoms with E-state index in [1.54, 1.807) is 4.90 Å². The van der Waals surface area contributed by atoms with Crippen molar-refractivity contribution in [1.29, 1.82) is 0 Å². The summed E-state index contributed by atoms with van der Waals surface area (Å²) in [5.41, 5.74) is 2.12. The van der Waals surface area contributed by atoms with Crippen LogP contribution in [0.3, 0.4) is 0 Å². The zero-order valence-corrected chi connectivity index (χ0v) is 16.1. The summed E-state index contributed by atoms with van der Waals surface area (Å²) in [6, 6.07) is 7.93. The van der Waals surface area contributed by atoms with Gasteiger partial charge in [-0.1, -0.05) is 36.4 Å².